The molecule has 0 bridgehead atoms. The molecule has 9 heteroatoms. The standard InChI is InChI=1S/C16H29N3O6/c1-10(17-15(23)25-16(3,4)5)13(21)18(6)9-12(20)19(7)11(2)14(22)24-8/h10-11H,9H2,1-8H3,(H,17,23)/t10-,11?/m0/s1. The Balaban J connectivity index is 4.66. The van der Waals surface area contributed by atoms with E-state index in [2.05, 4.69) is 10.1 Å². The predicted molar refractivity (Wildman–Crippen MR) is 90.7 cm³/mol. The number of rotatable bonds is 6. The van der Waals surface area contributed by atoms with Crippen LogP contribution in [0.2, 0.25) is 0 Å². The van der Waals surface area contributed by atoms with Gasteiger partial charge in [0, 0.05) is 14.1 Å². The molecule has 0 radical (unpaired) electrons. The molecule has 9 nitrogen and oxygen atoms in total. The molecule has 25 heavy (non-hydrogen) atoms. The van der Waals surface area contributed by atoms with Crippen LogP contribution in [0.4, 0.5) is 4.79 Å². The monoisotopic (exact) mass is 359 g/mol. The molecular formula is C16H29N3O6. The van der Waals surface area contributed by atoms with Crippen molar-refractivity contribution in [1.82, 2.24) is 15.1 Å². The maximum absolute atomic E-state index is 12.3. The third kappa shape index (κ3) is 7.86. The molecule has 0 aromatic heterocycles. The molecule has 0 heterocycles. The number of ether oxygens (including phenoxy) is 2. The maximum atomic E-state index is 12.3. The van der Waals surface area contributed by atoms with E-state index < -0.39 is 41.6 Å². The van der Waals surface area contributed by atoms with Gasteiger partial charge in [-0.2, -0.15) is 0 Å². The van der Waals surface area contributed by atoms with Gasteiger partial charge in [-0.15, -0.1) is 0 Å². The molecular weight excluding hydrogens is 330 g/mol. The average Bonchev–Trinajstić information content (AvgIpc) is 2.49. The van der Waals surface area contributed by atoms with Gasteiger partial charge in [-0.25, -0.2) is 9.59 Å². The molecule has 0 spiro atoms. The molecule has 0 fully saturated rings. The Morgan fingerprint density at radius 3 is 2.04 bits per heavy atom. The first-order chi connectivity index (χ1) is 11.3. The summed E-state index contributed by atoms with van der Waals surface area (Å²) in [4.78, 5) is 49.9. The van der Waals surface area contributed by atoms with Crippen molar-refractivity contribution in [1.29, 1.82) is 0 Å². The SMILES string of the molecule is COC(=O)C(C)N(C)C(=O)CN(C)C(=O)[C@H](C)NC(=O)OC(C)(C)C. The highest BCUT2D eigenvalue weighted by Gasteiger charge is 2.27. The summed E-state index contributed by atoms with van der Waals surface area (Å²) in [5, 5.41) is 2.42. The summed E-state index contributed by atoms with van der Waals surface area (Å²) in [6, 6.07) is -1.63. The lowest BCUT2D eigenvalue weighted by atomic mass is 10.2. The summed E-state index contributed by atoms with van der Waals surface area (Å²) in [5.74, 6) is -1.44. The smallest absolute Gasteiger partial charge is 0.408 e. The highest BCUT2D eigenvalue weighted by molar-refractivity contribution is 5.90. The van der Waals surface area contributed by atoms with Crippen molar-refractivity contribution in [3.63, 3.8) is 0 Å². The number of hydrogen-bond donors (Lipinski definition) is 1. The highest BCUT2D eigenvalue weighted by atomic mass is 16.6. The van der Waals surface area contributed by atoms with Crippen molar-refractivity contribution >= 4 is 23.9 Å². The van der Waals surface area contributed by atoms with Gasteiger partial charge in [0.1, 0.15) is 17.7 Å². The van der Waals surface area contributed by atoms with Crippen LogP contribution in [0.1, 0.15) is 34.6 Å². The van der Waals surface area contributed by atoms with Gasteiger partial charge in [-0.1, -0.05) is 0 Å². The van der Waals surface area contributed by atoms with Crippen LogP contribution in [0.5, 0.6) is 0 Å². The van der Waals surface area contributed by atoms with Crippen LogP contribution in [0.15, 0.2) is 0 Å². The van der Waals surface area contributed by atoms with Gasteiger partial charge in [0.05, 0.1) is 13.7 Å². The fourth-order valence-electron chi connectivity index (χ4n) is 1.81. The van der Waals surface area contributed by atoms with E-state index in [0.717, 1.165) is 0 Å². The van der Waals surface area contributed by atoms with Crippen LogP contribution in [-0.2, 0) is 23.9 Å². The molecule has 0 aromatic carbocycles. The fourth-order valence-corrected chi connectivity index (χ4v) is 1.81. The third-order valence-corrected chi connectivity index (χ3v) is 3.37. The van der Waals surface area contributed by atoms with Crippen molar-refractivity contribution in [2.45, 2.75) is 52.3 Å². The maximum Gasteiger partial charge on any atom is 0.408 e. The topological polar surface area (TPSA) is 105 Å². The Morgan fingerprint density at radius 2 is 1.60 bits per heavy atom. The van der Waals surface area contributed by atoms with Crippen LogP contribution in [0.25, 0.3) is 0 Å². The number of amides is 3. The Morgan fingerprint density at radius 1 is 1.08 bits per heavy atom. The molecule has 0 saturated carbocycles. The van der Waals surface area contributed by atoms with E-state index in [4.69, 9.17) is 4.74 Å². The normalized spacial score (nSPS) is 13.3. The van der Waals surface area contributed by atoms with E-state index in [-0.39, 0.29) is 6.54 Å². The van der Waals surface area contributed by atoms with E-state index in [9.17, 15) is 19.2 Å². The average molecular weight is 359 g/mol. The van der Waals surface area contributed by atoms with E-state index in [0.29, 0.717) is 0 Å². The minimum Gasteiger partial charge on any atom is -0.467 e. The molecule has 144 valence electrons. The number of alkyl carbamates (subject to hydrolysis) is 1. The summed E-state index contributed by atoms with van der Waals surface area (Å²) in [6.07, 6.45) is -0.718. The number of nitrogens with one attached hydrogen (secondary N) is 1. The molecule has 1 unspecified atom stereocenters. The number of carbonyl (C=O) groups excluding carboxylic acids is 4. The predicted octanol–water partition coefficient (Wildman–Crippen LogP) is 0.378. The second-order valence-corrected chi connectivity index (χ2v) is 6.77. The fraction of sp³-hybridized carbons (Fsp3) is 0.750. The van der Waals surface area contributed by atoms with E-state index in [1.807, 2.05) is 0 Å². The minimum absolute atomic E-state index is 0.239. The van der Waals surface area contributed by atoms with Gasteiger partial charge in [0.25, 0.3) is 0 Å². The van der Waals surface area contributed by atoms with E-state index in [1.165, 1.54) is 44.9 Å². The van der Waals surface area contributed by atoms with Gasteiger partial charge < -0.3 is 24.6 Å². The lowest BCUT2D eigenvalue weighted by Gasteiger charge is -2.27. The first-order valence-corrected chi connectivity index (χ1v) is 7.88. The second-order valence-electron chi connectivity index (χ2n) is 6.77. The van der Waals surface area contributed by atoms with E-state index in [1.54, 1.807) is 20.8 Å². The first-order valence-electron chi connectivity index (χ1n) is 7.88. The molecule has 0 aromatic rings. The van der Waals surface area contributed by atoms with Crippen molar-refractivity contribution in [3.8, 4) is 0 Å². The number of nitrogens with zero attached hydrogens (tertiary/aromatic N) is 2. The van der Waals surface area contributed by atoms with E-state index >= 15 is 0 Å². The van der Waals surface area contributed by atoms with Crippen molar-refractivity contribution in [2.75, 3.05) is 27.7 Å². The van der Waals surface area contributed by atoms with Crippen LogP contribution in [-0.4, -0.2) is 79.1 Å². The molecule has 3 amide bonds. The minimum atomic E-state index is -0.865. The van der Waals surface area contributed by atoms with Gasteiger partial charge in [-0.05, 0) is 34.6 Å². The molecule has 0 rings (SSSR count). The molecule has 0 aliphatic rings. The number of hydrogen-bond acceptors (Lipinski definition) is 6. The number of esters is 1. The first kappa shape index (κ1) is 22.7. The summed E-state index contributed by atoms with van der Waals surface area (Å²) in [7, 11) is 4.12. The highest BCUT2D eigenvalue weighted by Crippen LogP contribution is 2.07. The molecule has 0 aliphatic carbocycles. The summed E-state index contributed by atoms with van der Waals surface area (Å²) >= 11 is 0. The lowest BCUT2D eigenvalue weighted by Crippen LogP contribution is -2.51. The molecule has 1 N–H and O–H groups in total. The molecule has 0 aliphatic heterocycles. The number of methoxy groups -OCH3 is 1. The zero-order valence-corrected chi connectivity index (χ0v) is 16.2. The van der Waals surface area contributed by atoms with Gasteiger partial charge >= 0.3 is 12.1 Å². The van der Waals surface area contributed by atoms with Crippen molar-refractivity contribution in [3.05, 3.63) is 0 Å². The van der Waals surface area contributed by atoms with Gasteiger partial charge in [-0.3, -0.25) is 9.59 Å². The second kappa shape index (κ2) is 9.24. The van der Waals surface area contributed by atoms with Gasteiger partial charge in [0.2, 0.25) is 11.8 Å². The van der Waals surface area contributed by atoms with Crippen molar-refractivity contribution in [2.24, 2.45) is 0 Å². The van der Waals surface area contributed by atoms with Crippen molar-refractivity contribution < 1.29 is 28.7 Å². The number of carbonyl (C=O) groups is 4. The summed E-state index contributed by atoms with van der Waals surface area (Å²) in [5.41, 5.74) is -0.679. The lowest BCUT2D eigenvalue weighted by molar-refractivity contribution is -0.151. The number of likely N-dealkylation sites (N-methyl/N-ethyl adjacent to an activating group) is 2. The van der Waals surface area contributed by atoms with Gasteiger partial charge in [0.15, 0.2) is 0 Å². The van der Waals surface area contributed by atoms with Crippen LogP contribution in [0.3, 0.4) is 0 Å². The zero-order valence-electron chi connectivity index (χ0n) is 16.2. The molecule has 2 atom stereocenters. The van der Waals surface area contributed by atoms with Crippen LogP contribution >= 0.6 is 0 Å². The third-order valence-electron chi connectivity index (χ3n) is 3.37. The Labute approximate surface area is 148 Å². The largest absolute Gasteiger partial charge is 0.467 e. The summed E-state index contributed by atoms with van der Waals surface area (Å²) < 4.78 is 9.66. The van der Waals surface area contributed by atoms with Crippen LogP contribution in [0, 0.1) is 0 Å². The zero-order chi connectivity index (χ0) is 19.9. The molecule has 0 saturated heterocycles. The summed E-state index contributed by atoms with van der Waals surface area (Å²) in [6.45, 7) is 7.91. The van der Waals surface area contributed by atoms with Crippen LogP contribution < -0.4 is 5.32 Å². The Hall–Kier alpha value is -2.32. The quantitative estimate of drug-likeness (QED) is 0.687. The Kier molecular flexibility index (Phi) is 8.38. The Bertz CT molecular complexity index is 514.